The first-order valence-corrected chi connectivity index (χ1v) is 11.0. The number of pyridine rings is 1. The fourth-order valence-electron chi connectivity index (χ4n) is 3.91. The number of piperazine rings is 1. The third-order valence-corrected chi connectivity index (χ3v) is 5.62. The lowest BCUT2D eigenvalue weighted by molar-refractivity contribution is 0.248. The highest BCUT2D eigenvalue weighted by Gasteiger charge is 2.21. The first-order chi connectivity index (χ1) is 16.1. The second-order valence-electron chi connectivity index (χ2n) is 7.92. The maximum atomic E-state index is 12.9. The molecule has 0 radical (unpaired) electrons. The summed E-state index contributed by atoms with van der Waals surface area (Å²) in [5.41, 5.74) is 3.28. The number of carbonyl (C=O) groups excluding carboxylic acids is 1. The minimum atomic E-state index is -0.588. The number of amides is 2. The zero-order valence-corrected chi connectivity index (χ0v) is 18.3. The zero-order chi connectivity index (χ0) is 23.0. The molecule has 1 aliphatic heterocycles. The number of rotatable bonds is 7. The van der Waals surface area contributed by atoms with Gasteiger partial charge in [-0.2, -0.15) is 0 Å². The molecular formula is C25H28N6O2. The summed E-state index contributed by atoms with van der Waals surface area (Å²) in [6.07, 6.45) is 3.47. The summed E-state index contributed by atoms with van der Waals surface area (Å²) in [4.78, 5) is 19.2. The van der Waals surface area contributed by atoms with Gasteiger partial charge in [-0.3, -0.25) is 4.98 Å². The van der Waals surface area contributed by atoms with Crippen molar-refractivity contribution in [3.63, 3.8) is 0 Å². The Kier molecular flexibility index (Phi) is 7.16. The Morgan fingerprint density at radius 3 is 2.70 bits per heavy atom. The van der Waals surface area contributed by atoms with Crippen LogP contribution in [-0.2, 0) is 0 Å². The largest absolute Gasteiger partial charge is 0.508 e. The normalized spacial score (nSPS) is 14.4. The van der Waals surface area contributed by atoms with Gasteiger partial charge in [-0.25, -0.2) is 4.79 Å². The van der Waals surface area contributed by atoms with E-state index in [1.165, 1.54) is 0 Å². The SMILES string of the molecule is N=C(CC(NC(=O)Nc1cccc(N2CCNCC2)c1)c1ccccc1O)c1cccnc1. The van der Waals surface area contributed by atoms with E-state index >= 15 is 0 Å². The number of carbonyl (C=O) groups is 1. The van der Waals surface area contributed by atoms with Crippen LogP contribution < -0.4 is 20.9 Å². The van der Waals surface area contributed by atoms with Gasteiger partial charge in [-0.15, -0.1) is 0 Å². The number of aromatic hydroxyl groups is 1. The van der Waals surface area contributed by atoms with Crippen LogP contribution in [0.25, 0.3) is 0 Å². The molecule has 3 aromatic rings. The highest BCUT2D eigenvalue weighted by Crippen LogP contribution is 2.27. The van der Waals surface area contributed by atoms with Crippen molar-refractivity contribution in [3.05, 3.63) is 84.2 Å². The Morgan fingerprint density at radius 2 is 1.94 bits per heavy atom. The summed E-state index contributed by atoms with van der Waals surface area (Å²) >= 11 is 0. The molecule has 1 fully saturated rings. The van der Waals surface area contributed by atoms with Crippen LogP contribution in [0, 0.1) is 5.41 Å². The Balaban J connectivity index is 1.48. The third kappa shape index (κ3) is 5.87. The van der Waals surface area contributed by atoms with Gasteiger partial charge in [0.1, 0.15) is 5.75 Å². The van der Waals surface area contributed by atoms with Crippen LogP contribution in [0.4, 0.5) is 16.2 Å². The predicted octanol–water partition coefficient (Wildman–Crippen LogP) is 3.52. The van der Waals surface area contributed by atoms with Crippen LogP contribution in [0.3, 0.4) is 0 Å². The molecule has 1 atom stereocenters. The van der Waals surface area contributed by atoms with Crippen LogP contribution in [-0.4, -0.2) is 48.0 Å². The molecule has 33 heavy (non-hydrogen) atoms. The van der Waals surface area contributed by atoms with Crippen molar-refractivity contribution in [2.75, 3.05) is 36.4 Å². The number of para-hydroxylation sites is 1. The average Bonchev–Trinajstić information content (AvgIpc) is 2.85. The molecule has 5 N–H and O–H groups in total. The molecule has 0 aliphatic carbocycles. The van der Waals surface area contributed by atoms with E-state index in [4.69, 9.17) is 5.41 Å². The van der Waals surface area contributed by atoms with Crippen molar-refractivity contribution in [3.8, 4) is 5.75 Å². The number of urea groups is 1. The number of hydrogen-bond acceptors (Lipinski definition) is 6. The van der Waals surface area contributed by atoms with E-state index in [2.05, 4.69) is 25.8 Å². The van der Waals surface area contributed by atoms with E-state index in [1.54, 1.807) is 48.8 Å². The second kappa shape index (κ2) is 10.6. The number of benzene rings is 2. The molecule has 1 unspecified atom stereocenters. The van der Waals surface area contributed by atoms with Crippen molar-refractivity contribution in [2.45, 2.75) is 12.5 Å². The number of hydrogen-bond donors (Lipinski definition) is 5. The van der Waals surface area contributed by atoms with Gasteiger partial charge in [0.05, 0.1) is 6.04 Å². The van der Waals surface area contributed by atoms with Gasteiger partial charge in [0.15, 0.2) is 0 Å². The van der Waals surface area contributed by atoms with Crippen molar-refractivity contribution in [1.29, 1.82) is 5.41 Å². The van der Waals surface area contributed by atoms with Gasteiger partial charge in [0.2, 0.25) is 0 Å². The molecule has 1 aliphatic rings. The molecule has 4 rings (SSSR count). The van der Waals surface area contributed by atoms with Crippen LogP contribution in [0.2, 0.25) is 0 Å². The van der Waals surface area contributed by atoms with E-state index in [-0.39, 0.29) is 12.2 Å². The van der Waals surface area contributed by atoms with Crippen LogP contribution in [0.5, 0.6) is 5.75 Å². The van der Waals surface area contributed by atoms with Crippen molar-refractivity contribution in [2.24, 2.45) is 0 Å². The number of nitrogens with zero attached hydrogens (tertiary/aromatic N) is 2. The average molecular weight is 445 g/mol. The molecule has 0 saturated carbocycles. The fourth-order valence-corrected chi connectivity index (χ4v) is 3.91. The molecule has 1 aromatic heterocycles. The Hall–Kier alpha value is -3.91. The standard InChI is InChI=1S/C25H28N6O2/c26-22(18-5-4-10-28-17-18)16-23(21-8-1-2-9-24(21)32)30-25(33)29-19-6-3-7-20(15-19)31-13-11-27-12-14-31/h1-10,15,17,23,26-27,32H,11-14,16H2,(H2,29,30,33). The molecule has 1 saturated heterocycles. The van der Waals surface area contributed by atoms with Crippen molar-refractivity contribution < 1.29 is 9.90 Å². The molecule has 8 nitrogen and oxygen atoms in total. The lowest BCUT2D eigenvalue weighted by Crippen LogP contribution is -2.43. The second-order valence-corrected chi connectivity index (χ2v) is 7.92. The number of anilines is 2. The molecule has 8 heteroatoms. The number of phenolic OH excluding ortho intramolecular Hbond substituents is 1. The smallest absolute Gasteiger partial charge is 0.319 e. The van der Waals surface area contributed by atoms with Crippen molar-refractivity contribution >= 4 is 23.1 Å². The van der Waals surface area contributed by atoms with Gasteiger partial charge in [-0.05, 0) is 30.3 Å². The predicted molar refractivity (Wildman–Crippen MR) is 130 cm³/mol. The highest BCUT2D eigenvalue weighted by atomic mass is 16.3. The maximum absolute atomic E-state index is 12.9. The minimum Gasteiger partial charge on any atom is -0.508 e. The van der Waals surface area contributed by atoms with E-state index in [0.29, 0.717) is 22.5 Å². The highest BCUT2D eigenvalue weighted by molar-refractivity contribution is 5.99. The Bertz CT molecular complexity index is 1100. The first kappa shape index (κ1) is 22.3. The molecule has 0 spiro atoms. The molecule has 2 amide bonds. The van der Waals surface area contributed by atoms with Gasteiger partial charge >= 0.3 is 6.03 Å². The van der Waals surface area contributed by atoms with E-state index < -0.39 is 12.1 Å². The molecule has 2 aromatic carbocycles. The summed E-state index contributed by atoms with van der Waals surface area (Å²) in [7, 11) is 0. The maximum Gasteiger partial charge on any atom is 0.319 e. The quantitative estimate of drug-likeness (QED) is 0.358. The van der Waals surface area contributed by atoms with E-state index in [9.17, 15) is 9.90 Å². The third-order valence-electron chi connectivity index (χ3n) is 5.62. The van der Waals surface area contributed by atoms with Gasteiger partial charge in [-0.1, -0.05) is 30.3 Å². The molecule has 2 heterocycles. The van der Waals surface area contributed by atoms with Gasteiger partial charge in [0.25, 0.3) is 0 Å². The Morgan fingerprint density at radius 1 is 1.12 bits per heavy atom. The van der Waals surface area contributed by atoms with E-state index in [1.807, 2.05) is 24.3 Å². The summed E-state index contributed by atoms with van der Waals surface area (Å²) in [5.74, 6) is 0.0718. The van der Waals surface area contributed by atoms with Crippen LogP contribution in [0.1, 0.15) is 23.6 Å². The van der Waals surface area contributed by atoms with Gasteiger partial charge in [0, 0.05) is 73.2 Å². The number of phenols is 1. The molecule has 0 bridgehead atoms. The fraction of sp³-hybridized carbons (Fsp3) is 0.240. The van der Waals surface area contributed by atoms with Gasteiger partial charge < -0.3 is 31.4 Å². The van der Waals surface area contributed by atoms with Crippen molar-refractivity contribution in [1.82, 2.24) is 15.6 Å². The number of aromatic nitrogens is 1. The molecule has 170 valence electrons. The van der Waals surface area contributed by atoms with E-state index in [0.717, 1.165) is 31.9 Å². The lowest BCUT2D eigenvalue weighted by atomic mass is 9.97. The summed E-state index contributed by atoms with van der Waals surface area (Å²) in [6.45, 7) is 3.70. The summed E-state index contributed by atoms with van der Waals surface area (Å²) in [6, 6.07) is 17.2. The lowest BCUT2D eigenvalue weighted by Gasteiger charge is -2.29. The summed E-state index contributed by atoms with van der Waals surface area (Å²) in [5, 5.41) is 28.0. The topological polar surface area (TPSA) is 113 Å². The monoisotopic (exact) mass is 444 g/mol. The zero-order valence-electron chi connectivity index (χ0n) is 18.3. The number of nitrogens with one attached hydrogen (secondary N) is 4. The van der Waals surface area contributed by atoms with Crippen LogP contribution >= 0.6 is 0 Å². The van der Waals surface area contributed by atoms with Crippen LogP contribution in [0.15, 0.2) is 73.1 Å². The Labute approximate surface area is 193 Å². The summed E-state index contributed by atoms with van der Waals surface area (Å²) < 4.78 is 0. The molecular weight excluding hydrogens is 416 g/mol. The minimum absolute atomic E-state index is 0.0718. The first-order valence-electron chi connectivity index (χ1n) is 11.0.